The highest BCUT2D eigenvalue weighted by atomic mass is 19.1. The molecule has 0 atom stereocenters. The van der Waals surface area contributed by atoms with Crippen molar-refractivity contribution in [3.05, 3.63) is 42.2 Å². The van der Waals surface area contributed by atoms with Crippen molar-refractivity contribution in [1.29, 1.82) is 0 Å². The molecule has 100 valence electrons. The maximum absolute atomic E-state index is 13.3. The Morgan fingerprint density at radius 1 is 0.947 bits per heavy atom. The van der Waals surface area contributed by atoms with E-state index in [0.717, 1.165) is 5.69 Å². The molecule has 0 aliphatic carbocycles. The van der Waals surface area contributed by atoms with Gasteiger partial charge in [-0.1, -0.05) is 0 Å². The number of halogens is 1. The van der Waals surface area contributed by atoms with Crippen LogP contribution in [0.2, 0.25) is 0 Å². The smallest absolute Gasteiger partial charge is 0.162 e. The van der Waals surface area contributed by atoms with Crippen molar-refractivity contribution < 1.29 is 13.9 Å². The van der Waals surface area contributed by atoms with Crippen LogP contribution in [0.5, 0.6) is 11.5 Å². The van der Waals surface area contributed by atoms with Crippen LogP contribution in [0.15, 0.2) is 36.4 Å². The Balaban J connectivity index is 2.25. The Labute approximate surface area is 111 Å². The third kappa shape index (κ3) is 2.88. The molecule has 0 fully saturated rings. The van der Waals surface area contributed by atoms with Crippen molar-refractivity contribution in [1.82, 2.24) is 0 Å². The van der Waals surface area contributed by atoms with Gasteiger partial charge in [-0.15, -0.1) is 0 Å². The first-order valence-electron chi connectivity index (χ1n) is 5.68. The van der Waals surface area contributed by atoms with Gasteiger partial charge in [-0.2, -0.15) is 0 Å². The number of nitrogen functional groups attached to an aromatic ring is 1. The SMILES string of the molecule is COc1ccc(Nc2ccc(N)c(F)c2)cc1OC. The van der Waals surface area contributed by atoms with Crippen molar-refractivity contribution in [3.8, 4) is 11.5 Å². The normalized spacial score (nSPS) is 10.1. The lowest BCUT2D eigenvalue weighted by atomic mass is 10.2. The lowest BCUT2D eigenvalue weighted by Gasteiger charge is -2.11. The van der Waals surface area contributed by atoms with Gasteiger partial charge in [0.2, 0.25) is 0 Å². The molecular weight excluding hydrogens is 247 g/mol. The molecule has 0 radical (unpaired) electrons. The monoisotopic (exact) mass is 262 g/mol. The molecular formula is C14H15FN2O2. The largest absolute Gasteiger partial charge is 0.493 e. The predicted molar refractivity (Wildman–Crippen MR) is 73.6 cm³/mol. The van der Waals surface area contributed by atoms with Crippen molar-refractivity contribution >= 4 is 17.1 Å². The van der Waals surface area contributed by atoms with Crippen LogP contribution in [0.1, 0.15) is 0 Å². The number of ether oxygens (including phenoxy) is 2. The lowest BCUT2D eigenvalue weighted by Crippen LogP contribution is -1.96. The summed E-state index contributed by atoms with van der Waals surface area (Å²) in [6, 6.07) is 9.91. The van der Waals surface area contributed by atoms with E-state index in [1.165, 1.54) is 12.1 Å². The Kier molecular flexibility index (Phi) is 3.75. The summed E-state index contributed by atoms with van der Waals surface area (Å²) in [6.45, 7) is 0. The van der Waals surface area contributed by atoms with Gasteiger partial charge in [-0.3, -0.25) is 0 Å². The van der Waals surface area contributed by atoms with Crippen LogP contribution in [-0.2, 0) is 0 Å². The second-order valence-electron chi connectivity index (χ2n) is 3.93. The summed E-state index contributed by atoms with van der Waals surface area (Å²) in [7, 11) is 3.13. The highest BCUT2D eigenvalue weighted by Gasteiger charge is 2.05. The molecule has 0 spiro atoms. The maximum Gasteiger partial charge on any atom is 0.162 e. The number of hydrogen-bond acceptors (Lipinski definition) is 4. The minimum Gasteiger partial charge on any atom is -0.493 e. The summed E-state index contributed by atoms with van der Waals surface area (Å²) >= 11 is 0. The first kappa shape index (κ1) is 13.0. The zero-order chi connectivity index (χ0) is 13.8. The maximum atomic E-state index is 13.3. The van der Waals surface area contributed by atoms with E-state index in [0.29, 0.717) is 17.2 Å². The average molecular weight is 262 g/mol. The summed E-state index contributed by atoms with van der Waals surface area (Å²) in [5.41, 5.74) is 6.93. The molecule has 2 aromatic carbocycles. The first-order valence-corrected chi connectivity index (χ1v) is 5.68. The van der Waals surface area contributed by atoms with Crippen LogP contribution in [0.25, 0.3) is 0 Å². The topological polar surface area (TPSA) is 56.5 Å². The summed E-state index contributed by atoms with van der Waals surface area (Å²) in [6.07, 6.45) is 0. The zero-order valence-corrected chi connectivity index (χ0v) is 10.7. The molecule has 5 heteroatoms. The molecule has 0 bridgehead atoms. The highest BCUT2D eigenvalue weighted by Crippen LogP contribution is 2.31. The lowest BCUT2D eigenvalue weighted by molar-refractivity contribution is 0.355. The van der Waals surface area contributed by atoms with E-state index in [1.807, 2.05) is 6.07 Å². The van der Waals surface area contributed by atoms with Gasteiger partial charge in [0.1, 0.15) is 5.82 Å². The molecule has 0 unspecified atom stereocenters. The molecule has 0 heterocycles. The molecule has 2 aromatic rings. The van der Waals surface area contributed by atoms with Gasteiger partial charge in [-0.25, -0.2) is 4.39 Å². The fourth-order valence-electron chi connectivity index (χ4n) is 1.69. The minimum absolute atomic E-state index is 0.123. The quantitative estimate of drug-likeness (QED) is 0.831. The first-order chi connectivity index (χ1) is 9.13. The van der Waals surface area contributed by atoms with Crippen molar-refractivity contribution in [3.63, 3.8) is 0 Å². The van der Waals surface area contributed by atoms with E-state index in [-0.39, 0.29) is 5.69 Å². The molecule has 3 N–H and O–H groups in total. The van der Waals surface area contributed by atoms with Gasteiger partial charge < -0.3 is 20.5 Å². The fourth-order valence-corrected chi connectivity index (χ4v) is 1.69. The summed E-state index contributed by atoms with van der Waals surface area (Å²) in [5, 5.41) is 3.07. The number of methoxy groups -OCH3 is 2. The van der Waals surface area contributed by atoms with E-state index in [9.17, 15) is 4.39 Å². The van der Waals surface area contributed by atoms with Crippen LogP contribution in [0.4, 0.5) is 21.5 Å². The van der Waals surface area contributed by atoms with Crippen molar-refractivity contribution in [2.45, 2.75) is 0 Å². The number of nitrogens with two attached hydrogens (primary N) is 1. The predicted octanol–water partition coefficient (Wildman–Crippen LogP) is 3.17. The number of hydrogen-bond donors (Lipinski definition) is 2. The molecule has 0 aliphatic rings. The van der Waals surface area contributed by atoms with E-state index < -0.39 is 5.82 Å². The molecule has 4 nitrogen and oxygen atoms in total. The Hall–Kier alpha value is -2.43. The Bertz CT molecular complexity index is 588. The van der Waals surface area contributed by atoms with E-state index in [2.05, 4.69) is 5.32 Å². The molecule has 0 aromatic heterocycles. The van der Waals surface area contributed by atoms with E-state index in [4.69, 9.17) is 15.2 Å². The third-order valence-electron chi connectivity index (χ3n) is 2.67. The number of nitrogens with one attached hydrogen (secondary N) is 1. The van der Waals surface area contributed by atoms with Gasteiger partial charge in [-0.05, 0) is 30.3 Å². The summed E-state index contributed by atoms with van der Waals surface area (Å²) in [5.74, 6) is 0.783. The molecule has 0 saturated heterocycles. The second kappa shape index (κ2) is 5.48. The van der Waals surface area contributed by atoms with E-state index >= 15 is 0 Å². The zero-order valence-electron chi connectivity index (χ0n) is 10.7. The number of rotatable bonds is 4. The van der Waals surface area contributed by atoms with Crippen LogP contribution >= 0.6 is 0 Å². The fraction of sp³-hybridized carbons (Fsp3) is 0.143. The minimum atomic E-state index is -0.453. The number of anilines is 3. The molecule has 19 heavy (non-hydrogen) atoms. The molecule has 0 saturated carbocycles. The van der Waals surface area contributed by atoms with Gasteiger partial charge in [0, 0.05) is 17.4 Å². The summed E-state index contributed by atoms with van der Waals surface area (Å²) < 4.78 is 23.7. The van der Waals surface area contributed by atoms with Crippen LogP contribution in [0, 0.1) is 5.82 Å². The van der Waals surface area contributed by atoms with Gasteiger partial charge in [0.15, 0.2) is 11.5 Å². The highest BCUT2D eigenvalue weighted by molar-refractivity contribution is 5.65. The summed E-state index contributed by atoms with van der Waals surface area (Å²) in [4.78, 5) is 0. The molecule has 0 aliphatic heterocycles. The van der Waals surface area contributed by atoms with Gasteiger partial charge in [0.25, 0.3) is 0 Å². The Morgan fingerprint density at radius 3 is 2.21 bits per heavy atom. The average Bonchev–Trinajstić information content (AvgIpc) is 2.43. The molecule has 2 rings (SSSR count). The van der Waals surface area contributed by atoms with Crippen LogP contribution in [0.3, 0.4) is 0 Å². The van der Waals surface area contributed by atoms with Gasteiger partial charge >= 0.3 is 0 Å². The molecule has 0 amide bonds. The third-order valence-corrected chi connectivity index (χ3v) is 2.67. The standard InChI is InChI=1S/C14H15FN2O2/c1-18-13-6-4-10(8-14(13)19-2)17-9-3-5-12(16)11(15)7-9/h3-8,17H,16H2,1-2H3. The van der Waals surface area contributed by atoms with E-state index in [1.54, 1.807) is 32.4 Å². The van der Waals surface area contributed by atoms with Gasteiger partial charge in [0.05, 0.1) is 19.9 Å². The number of benzene rings is 2. The van der Waals surface area contributed by atoms with Crippen LogP contribution < -0.4 is 20.5 Å². The van der Waals surface area contributed by atoms with Crippen molar-refractivity contribution in [2.24, 2.45) is 0 Å². The van der Waals surface area contributed by atoms with Crippen LogP contribution in [-0.4, -0.2) is 14.2 Å². The van der Waals surface area contributed by atoms with Crippen molar-refractivity contribution in [2.75, 3.05) is 25.3 Å². The Morgan fingerprint density at radius 2 is 1.58 bits per heavy atom. The second-order valence-corrected chi connectivity index (χ2v) is 3.93.